The van der Waals surface area contributed by atoms with Crippen molar-refractivity contribution in [1.82, 2.24) is 19.6 Å². The first-order chi connectivity index (χ1) is 13.0. The lowest BCUT2D eigenvalue weighted by Gasteiger charge is -2.07. The molecule has 0 unspecified atom stereocenters. The van der Waals surface area contributed by atoms with E-state index in [0.717, 1.165) is 4.68 Å². The summed E-state index contributed by atoms with van der Waals surface area (Å²) < 4.78 is 7.56. The van der Waals surface area contributed by atoms with Crippen LogP contribution in [0.5, 0.6) is 0 Å². The summed E-state index contributed by atoms with van der Waals surface area (Å²) in [5, 5.41) is 17.0. The number of nitrogen functional groups attached to an aromatic ring is 1. The van der Waals surface area contributed by atoms with Crippen molar-refractivity contribution in [2.24, 2.45) is 0 Å². The Balaban J connectivity index is 1.88. The Labute approximate surface area is 154 Å². The first kappa shape index (κ1) is 17.9. The molecule has 2 heterocycles. The van der Waals surface area contributed by atoms with E-state index in [4.69, 9.17) is 15.7 Å². The van der Waals surface area contributed by atoms with Crippen LogP contribution in [0.1, 0.15) is 38.9 Å². The molecule has 0 amide bonds. The molecule has 0 saturated carbocycles. The molecule has 0 fully saturated rings. The smallest absolute Gasteiger partial charge is 0.341 e. The molecular weight excluding hydrogens is 348 g/mol. The van der Waals surface area contributed by atoms with Gasteiger partial charge in [-0.1, -0.05) is 0 Å². The van der Waals surface area contributed by atoms with Gasteiger partial charge in [0.15, 0.2) is 0 Å². The average molecular weight is 364 g/mol. The highest BCUT2D eigenvalue weighted by molar-refractivity contribution is 5.97. The van der Waals surface area contributed by atoms with Gasteiger partial charge in [0.25, 0.3) is 5.91 Å². The van der Waals surface area contributed by atoms with Gasteiger partial charge in [0.05, 0.1) is 30.4 Å². The fourth-order valence-corrected chi connectivity index (χ4v) is 2.55. The van der Waals surface area contributed by atoms with Crippen LogP contribution in [0, 0.1) is 18.3 Å². The van der Waals surface area contributed by atoms with Crippen molar-refractivity contribution in [3.05, 3.63) is 59.0 Å². The number of nitrogens with zero attached hydrogens (tertiary/aromatic N) is 5. The highest BCUT2D eigenvalue weighted by atomic mass is 16.5. The first-order valence-electron chi connectivity index (χ1n) is 8.08. The van der Waals surface area contributed by atoms with Crippen molar-refractivity contribution in [3.63, 3.8) is 0 Å². The highest BCUT2D eigenvalue weighted by Gasteiger charge is 2.18. The van der Waals surface area contributed by atoms with Crippen molar-refractivity contribution in [3.8, 4) is 11.8 Å². The molecule has 0 radical (unpaired) electrons. The minimum atomic E-state index is -0.454. The van der Waals surface area contributed by atoms with Crippen LogP contribution < -0.4 is 5.73 Å². The summed E-state index contributed by atoms with van der Waals surface area (Å²) in [7, 11) is 0. The number of esters is 1. The van der Waals surface area contributed by atoms with Crippen molar-refractivity contribution in [1.29, 1.82) is 5.26 Å². The Hall–Kier alpha value is -3.93. The summed E-state index contributed by atoms with van der Waals surface area (Å²) in [4.78, 5) is 24.4. The van der Waals surface area contributed by atoms with Gasteiger partial charge >= 0.3 is 5.97 Å². The van der Waals surface area contributed by atoms with E-state index in [-0.39, 0.29) is 18.0 Å². The third-order valence-corrected chi connectivity index (χ3v) is 3.98. The van der Waals surface area contributed by atoms with Crippen LogP contribution in [0.2, 0.25) is 0 Å². The zero-order valence-corrected chi connectivity index (χ0v) is 14.7. The summed E-state index contributed by atoms with van der Waals surface area (Å²) in [6, 6.07) is 8.43. The van der Waals surface area contributed by atoms with Gasteiger partial charge in [-0.05, 0) is 38.1 Å². The lowest BCUT2D eigenvalue weighted by molar-refractivity contribution is 0.0525. The molecule has 9 nitrogen and oxygen atoms in total. The first-order valence-corrected chi connectivity index (χ1v) is 8.08. The van der Waals surface area contributed by atoms with Crippen LogP contribution in [0.25, 0.3) is 5.69 Å². The van der Waals surface area contributed by atoms with Gasteiger partial charge in [0, 0.05) is 5.56 Å². The molecule has 0 atom stereocenters. The van der Waals surface area contributed by atoms with Crippen LogP contribution in [0.4, 0.5) is 5.82 Å². The number of rotatable bonds is 4. The second kappa shape index (κ2) is 7.13. The van der Waals surface area contributed by atoms with Crippen molar-refractivity contribution in [2.45, 2.75) is 13.8 Å². The lowest BCUT2D eigenvalue weighted by Crippen LogP contribution is -2.16. The Morgan fingerprint density at radius 3 is 2.52 bits per heavy atom. The Bertz CT molecular complexity index is 1060. The normalized spacial score (nSPS) is 10.4. The number of carbonyl (C=O) groups is 2. The maximum absolute atomic E-state index is 12.5. The summed E-state index contributed by atoms with van der Waals surface area (Å²) in [5.41, 5.74) is 7.91. The molecule has 27 heavy (non-hydrogen) atoms. The molecule has 0 saturated heterocycles. The summed E-state index contributed by atoms with van der Waals surface area (Å²) >= 11 is 0. The van der Waals surface area contributed by atoms with Crippen LogP contribution in [0.15, 0.2) is 36.7 Å². The molecule has 0 spiro atoms. The molecule has 0 aliphatic rings. The van der Waals surface area contributed by atoms with Gasteiger partial charge in [-0.25, -0.2) is 9.48 Å². The predicted molar refractivity (Wildman–Crippen MR) is 95.3 cm³/mol. The third-order valence-electron chi connectivity index (χ3n) is 3.98. The number of carbonyl (C=O) groups excluding carboxylic acids is 2. The monoisotopic (exact) mass is 364 g/mol. The molecule has 3 rings (SSSR count). The van der Waals surface area contributed by atoms with E-state index >= 15 is 0 Å². The molecule has 3 aromatic rings. The highest BCUT2D eigenvalue weighted by Crippen LogP contribution is 2.17. The molecule has 0 bridgehead atoms. The third kappa shape index (κ3) is 3.16. The molecule has 136 valence electrons. The van der Waals surface area contributed by atoms with E-state index in [1.807, 2.05) is 6.07 Å². The number of hydrogen-bond donors (Lipinski definition) is 1. The van der Waals surface area contributed by atoms with E-state index in [9.17, 15) is 9.59 Å². The number of benzene rings is 1. The fourth-order valence-electron chi connectivity index (χ4n) is 2.55. The summed E-state index contributed by atoms with van der Waals surface area (Å²) in [6.45, 7) is 3.77. The maximum atomic E-state index is 12.5. The molecule has 0 aliphatic carbocycles. The number of hydrogen-bond acceptors (Lipinski definition) is 7. The number of ether oxygens (including phenoxy) is 1. The minimum Gasteiger partial charge on any atom is -0.462 e. The van der Waals surface area contributed by atoms with E-state index < -0.39 is 11.9 Å². The van der Waals surface area contributed by atoms with E-state index in [1.165, 1.54) is 12.4 Å². The van der Waals surface area contributed by atoms with E-state index in [1.54, 1.807) is 42.8 Å². The van der Waals surface area contributed by atoms with Crippen LogP contribution in [0.3, 0.4) is 0 Å². The average Bonchev–Trinajstić information content (AvgIpc) is 3.24. The predicted octanol–water partition coefficient (Wildman–Crippen LogP) is 1.70. The quantitative estimate of drug-likeness (QED) is 0.697. The van der Waals surface area contributed by atoms with Gasteiger partial charge in [-0.3, -0.25) is 4.79 Å². The van der Waals surface area contributed by atoms with Crippen molar-refractivity contribution < 1.29 is 14.3 Å². The lowest BCUT2D eigenvalue weighted by atomic mass is 10.2. The Kier molecular flexibility index (Phi) is 4.72. The molecular formula is C18H16N6O3. The largest absolute Gasteiger partial charge is 0.462 e. The second-order valence-corrected chi connectivity index (χ2v) is 5.60. The Morgan fingerprint density at radius 1 is 1.22 bits per heavy atom. The van der Waals surface area contributed by atoms with Crippen molar-refractivity contribution >= 4 is 17.7 Å². The van der Waals surface area contributed by atoms with E-state index in [2.05, 4.69) is 10.2 Å². The van der Waals surface area contributed by atoms with Gasteiger partial charge in [-0.15, -0.1) is 0 Å². The topological polar surface area (TPSA) is 129 Å². The van der Waals surface area contributed by atoms with Gasteiger partial charge in [-0.2, -0.15) is 20.1 Å². The fraction of sp³-hybridized carbons (Fsp3) is 0.167. The SMILES string of the molecule is CCOC(=O)c1cnn(-c2ccc(C(=O)n3ncc(C#N)c3N)cc2)c1C. The molecule has 0 aliphatic heterocycles. The van der Waals surface area contributed by atoms with E-state index in [0.29, 0.717) is 22.5 Å². The molecule has 1 aromatic carbocycles. The molecule has 2 aromatic heterocycles. The van der Waals surface area contributed by atoms with Gasteiger partial charge in [0.1, 0.15) is 23.0 Å². The van der Waals surface area contributed by atoms with Crippen LogP contribution in [-0.2, 0) is 4.74 Å². The molecule has 9 heteroatoms. The number of nitrogens with two attached hydrogens (primary N) is 1. The minimum absolute atomic E-state index is 0.00595. The summed E-state index contributed by atoms with van der Waals surface area (Å²) in [5.74, 6) is -0.894. The zero-order chi connectivity index (χ0) is 19.6. The summed E-state index contributed by atoms with van der Waals surface area (Å²) in [6.07, 6.45) is 2.69. The molecule has 2 N–H and O–H groups in total. The number of anilines is 1. The van der Waals surface area contributed by atoms with Crippen LogP contribution >= 0.6 is 0 Å². The number of nitriles is 1. The van der Waals surface area contributed by atoms with Gasteiger partial charge in [0.2, 0.25) is 0 Å². The van der Waals surface area contributed by atoms with Crippen molar-refractivity contribution in [2.75, 3.05) is 12.3 Å². The van der Waals surface area contributed by atoms with Crippen LogP contribution in [-0.4, -0.2) is 38.0 Å². The van der Waals surface area contributed by atoms with Gasteiger partial charge < -0.3 is 10.5 Å². The Morgan fingerprint density at radius 2 is 1.93 bits per heavy atom. The maximum Gasteiger partial charge on any atom is 0.341 e. The number of aromatic nitrogens is 4. The second-order valence-electron chi connectivity index (χ2n) is 5.60. The zero-order valence-electron chi connectivity index (χ0n) is 14.7. The standard InChI is InChI=1S/C18H16N6O3/c1-3-27-18(26)15-10-22-23(11(15)2)14-6-4-12(5-7-14)17(25)24-16(20)13(8-19)9-21-24/h4-7,9-10H,3,20H2,1-2H3.